The molecule has 20 heavy (non-hydrogen) atoms. The molecule has 0 aliphatic carbocycles. The van der Waals surface area contributed by atoms with E-state index in [0.717, 1.165) is 16.5 Å². The van der Waals surface area contributed by atoms with Crippen LogP contribution < -0.4 is 0 Å². The number of fused-ring (bicyclic) bond motifs is 1. The number of hydrogen-bond donors (Lipinski definition) is 1. The topological polar surface area (TPSA) is 54.7 Å². The van der Waals surface area contributed by atoms with E-state index in [2.05, 4.69) is 0 Å². The van der Waals surface area contributed by atoms with Crippen molar-refractivity contribution in [3.63, 3.8) is 0 Å². The van der Waals surface area contributed by atoms with Gasteiger partial charge in [-0.15, -0.1) is 0 Å². The van der Waals surface area contributed by atoms with Gasteiger partial charge in [0.15, 0.2) is 0 Å². The Morgan fingerprint density at radius 2 is 2.05 bits per heavy atom. The molecule has 1 amide bonds. The third-order valence-electron chi connectivity index (χ3n) is 3.71. The molecule has 0 unspecified atom stereocenters. The Morgan fingerprint density at radius 1 is 1.25 bits per heavy atom. The molecule has 5 nitrogen and oxygen atoms in total. The molecule has 1 N–H and O–H groups in total. The average Bonchev–Trinajstić information content (AvgIpc) is 2.91. The van der Waals surface area contributed by atoms with Crippen molar-refractivity contribution in [2.24, 2.45) is 0 Å². The lowest BCUT2D eigenvalue weighted by Gasteiger charge is -2.27. The number of benzene rings is 1. The summed E-state index contributed by atoms with van der Waals surface area (Å²) in [4.78, 5) is 14.1. The molecule has 1 fully saturated rings. The van der Waals surface area contributed by atoms with Crippen LogP contribution >= 0.6 is 0 Å². The first-order valence-electron chi connectivity index (χ1n) is 6.82. The fraction of sp³-hybridized carbons (Fsp3) is 0.400. The second-order valence-corrected chi connectivity index (χ2v) is 4.95. The monoisotopic (exact) mass is 274 g/mol. The zero-order valence-corrected chi connectivity index (χ0v) is 11.3. The van der Waals surface area contributed by atoms with Crippen molar-refractivity contribution in [1.29, 1.82) is 0 Å². The Bertz CT molecular complexity index is 615. The van der Waals surface area contributed by atoms with Crippen LogP contribution in [0.2, 0.25) is 0 Å². The minimum Gasteiger partial charge on any atom is -0.392 e. The van der Waals surface area contributed by atoms with Crippen molar-refractivity contribution in [1.82, 2.24) is 9.47 Å². The summed E-state index contributed by atoms with van der Waals surface area (Å²) in [5.41, 5.74) is 1.79. The highest BCUT2D eigenvalue weighted by molar-refractivity contribution is 5.85. The van der Waals surface area contributed by atoms with Crippen molar-refractivity contribution < 1.29 is 14.6 Å². The van der Waals surface area contributed by atoms with Gasteiger partial charge in [-0.3, -0.25) is 4.79 Å². The predicted octanol–water partition coefficient (Wildman–Crippen LogP) is 0.992. The average molecular weight is 274 g/mol. The van der Waals surface area contributed by atoms with Gasteiger partial charge in [0.2, 0.25) is 5.91 Å². The third kappa shape index (κ3) is 2.42. The minimum absolute atomic E-state index is 0.0207. The maximum atomic E-state index is 12.3. The van der Waals surface area contributed by atoms with E-state index in [-0.39, 0.29) is 12.5 Å². The Balaban J connectivity index is 1.85. The molecule has 0 atom stereocenters. The maximum absolute atomic E-state index is 12.3. The molecule has 0 saturated carbocycles. The first-order chi connectivity index (χ1) is 9.79. The largest absolute Gasteiger partial charge is 0.392 e. The molecule has 1 aliphatic heterocycles. The molecule has 1 aromatic heterocycles. The minimum atomic E-state index is -0.0207. The predicted molar refractivity (Wildman–Crippen MR) is 75.3 cm³/mol. The van der Waals surface area contributed by atoms with Crippen LogP contribution in [0, 0.1) is 0 Å². The van der Waals surface area contributed by atoms with Crippen molar-refractivity contribution in [2.75, 3.05) is 26.3 Å². The van der Waals surface area contributed by atoms with Crippen molar-refractivity contribution in [2.45, 2.75) is 13.2 Å². The molecule has 1 aliphatic rings. The first-order valence-corrected chi connectivity index (χ1v) is 6.82. The number of aromatic nitrogens is 1. The van der Waals surface area contributed by atoms with Crippen LogP contribution in [-0.2, 0) is 22.7 Å². The van der Waals surface area contributed by atoms with Crippen LogP contribution in [0.15, 0.2) is 30.5 Å². The summed E-state index contributed by atoms with van der Waals surface area (Å²) >= 11 is 0. The van der Waals surface area contributed by atoms with Gasteiger partial charge >= 0.3 is 0 Å². The second kappa shape index (κ2) is 5.64. The SMILES string of the molecule is O=C(Cn1ccc2cccc(CO)c21)N1CCOCC1. The summed E-state index contributed by atoms with van der Waals surface area (Å²) in [6, 6.07) is 7.77. The standard InChI is InChI=1S/C15H18N2O3/c18-11-13-3-1-2-12-4-5-17(15(12)13)10-14(19)16-6-8-20-9-7-16/h1-5,18H,6-11H2. The zero-order valence-electron chi connectivity index (χ0n) is 11.3. The van der Waals surface area contributed by atoms with Gasteiger partial charge < -0.3 is 19.3 Å². The highest BCUT2D eigenvalue weighted by Gasteiger charge is 2.18. The molecule has 2 heterocycles. The van der Waals surface area contributed by atoms with Crippen LogP contribution in [-0.4, -0.2) is 46.8 Å². The lowest BCUT2D eigenvalue weighted by Crippen LogP contribution is -2.42. The van der Waals surface area contributed by atoms with Gasteiger partial charge in [-0.2, -0.15) is 0 Å². The molecular formula is C15H18N2O3. The number of carbonyl (C=O) groups is 1. The highest BCUT2D eigenvalue weighted by Crippen LogP contribution is 2.20. The molecule has 0 radical (unpaired) electrons. The second-order valence-electron chi connectivity index (χ2n) is 4.95. The summed E-state index contributed by atoms with van der Waals surface area (Å²) in [6.45, 7) is 2.82. The van der Waals surface area contributed by atoms with E-state index < -0.39 is 0 Å². The van der Waals surface area contributed by atoms with Crippen molar-refractivity contribution in [3.8, 4) is 0 Å². The molecule has 1 saturated heterocycles. The molecule has 0 bridgehead atoms. The van der Waals surface area contributed by atoms with E-state index in [4.69, 9.17) is 4.74 Å². The van der Waals surface area contributed by atoms with E-state index in [9.17, 15) is 9.90 Å². The fourth-order valence-corrected chi connectivity index (χ4v) is 2.66. The number of hydrogen-bond acceptors (Lipinski definition) is 3. The van der Waals surface area contributed by atoms with Crippen LogP contribution in [0.25, 0.3) is 10.9 Å². The first kappa shape index (κ1) is 13.1. The van der Waals surface area contributed by atoms with E-state index in [1.54, 1.807) is 0 Å². The summed E-state index contributed by atoms with van der Waals surface area (Å²) in [7, 11) is 0. The number of morpholine rings is 1. The van der Waals surface area contributed by atoms with Crippen LogP contribution in [0.4, 0.5) is 0 Å². The van der Waals surface area contributed by atoms with Gasteiger partial charge in [-0.05, 0) is 11.5 Å². The number of carbonyl (C=O) groups excluding carboxylic acids is 1. The summed E-state index contributed by atoms with van der Waals surface area (Å²) < 4.78 is 7.17. The lowest BCUT2D eigenvalue weighted by molar-refractivity contribution is -0.135. The molecule has 1 aromatic carbocycles. The molecule has 5 heteroatoms. The highest BCUT2D eigenvalue weighted by atomic mass is 16.5. The number of nitrogens with zero attached hydrogens (tertiary/aromatic N) is 2. The van der Waals surface area contributed by atoms with Crippen molar-refractivity contribution in [3.05, 3.63) is 36.0 Å². The molecular weight excluding hydrogens is 256 g/mol. The molecule has 0 spiro atoms. The van der Waals surface area contributed by atoms with Gasteiger partial charge in [0.05, 0.1) is 25.3 Å². The van der Waals surface area contributed by atoms with Gasteiger partial charge in [0, 0.05) is 24.8 Å². The van der Waals surface area contributed by atoms with Gasteiger partial charge in [0.1, 0.15) is 6.54 Å². The number of rotatable bonds is 3. The smallest absolute Gasteiger partial charge is 0.242 e. The lowest BCUT2D eigenvalue weighted by atomic mass is 10.1. The number of aliphatic hydroxyl groups excluding tert-OH is 1. The van der Waals surface area contributed by atoms with Crippen LogP contribution in [0.5, 0.6) is 0 Å². The summed E-state index contributed by atoms with van der Waals surface area (Å²) in [5, 5.41) is 10.5. The fourth-order valence-electron chi connectivity index (χ4n) is 2.66. The van der Waals surface area contributed by atoms with Crippen LogP contribution in [0.1, 0.15) is 5.56 Å². The zero-order chi connectivity index (χ0) is 13.9. The number of aliphatic hydroxyl groups is 1. The molecule has 3 rings (SSSR count). The Kier molecular flexibility index (Phi) is 3.71. The van der Waals surface area contributed by atoms with E-state index in [0.29, 0.717) is 32.8 Å². The van der Waals surface area contributed by atoms with E-state index >= 15 is 0 Å². The van der Waals surface area contributed by atoms with Gasteiger partial charge in [0.25, 0.3) is 0 Å². The Morgan fingerprint density at radius 3 is 2.80 bits per heavy atom. The van der Waals surface area contributed by atoms with Gasteiger partial charge in [-0.25, -0.2) is 0 Å². The van der Waals surface area contributed by atoms with Crippen molar-refractivity contribution >= 4 is 16.8 Å². The number of amides is 1. The third-order valence-corrected chi connectivity index (χ3v) is 3.71. The number of ether oxygens (including phenoxy) is 1. The van der Waals surface area contributed by atoms with E-state index in [1.165, 1.54) is 0 Å². The normalized spacial score (nSPS) is 15.8. The number of para-hydroxylation sites is 1. The Hall–Kier alpha value is -1.85. The summed E-state index contributed by atoms with van der Waals surface area (Å²) in [5.74, 6) is 0.0959. The van der Waals surface area contributed by atoms with Gasteiger partial charge in [-0.1, -0.05) is 18.2 Å². The maximum Gasteiger partial charge on any atom is 0.242 e. The quantitative estimate of drug-likeness (QED) is 0.908. The molecule has 106 valence electrons. The van der Waals surface area contributed by atoms with Crippen LogP contribution in [0.3, 0.4) is 0 Å². The van der Waals surface area contributed by atoms with E-state index in [1.807, 2.05) is 39.9 Å². The molecule has 2 aromatic rings. The Labute approximate surface area is 117 Å². The summed E-state index contributed by atoms with van der Waals surface area (Å²) in [6.07, 6.45) is 1.90.